The van der Waals surface area contributed by atoms with E-state index in [0.717, 1.165) is 0 Å². The molecule has 0 aliphatic carbocycles. The monoisotopic (exact) mass is 410 g/mol. The molecule has 2 heteroatoms. The van der Waals surface area contributed by atoms with Crippen LogP contribution >= 0.6 is 22.6 Å². The summed E-state index contributed by atoms with van der Waals surface area (Å²) in [5.74, 6) is 0. The van der Waals surface area contributed by atoms with E-state index >= 15 is 0 Å². The van der Waals surface area contributed by atoms with Crippen molar-refractivity contribution in [2.24, 2.45) is 0 Å². The van der Waals surface area contributed by atoms with Crippen molar-refractivity contribution in [1.82, 2.24) is 0 Å². The van der Waals surface area contributed by atoms with Crippen molar-refractivity contribution < 1.29 is 4.48 Å². The molecule has 0 heterocycles. The molecule has 0 N–H and O–H groups in total. The molecular formula is C19H41IN+. The van der Waals surface area contributed by atoms with Crippen molar-refractivity contribution in [3.63, 3.8) is 0 Å². The molecule has 0 aromatic carbocycles. The van der Waals surface area contributed by atoms with Crippen molar-refractivity contribution in [2.75, 3.05) is 31.1 Å². The Morgan fingerprint density at radius 1 is 0.571 bits per heavy atom. The second-order valence-corrected chi connectivity index (χ2v) is 8.09. The van der Waals surface area contributed by atoms with Crippen molar-refractivity contribution >= 4 is 22.6 Å². The van der Waals surface area contributed by atoms with Gasteiger partial charge in [0.1, 0.15) is 0 Å². The Bertz CT molecular complexity index is 190. The summed E-state index contributed by atoms with van der Waals surface area (Å²) in [5.41, 5.74) is 0. The maximum Gasteiger partial charge on any atom is 0.0875 e. The first kappa shape index (κ1) is 21.7. The largest absolute Gasteiger partial charge is 0.325 e. The van der Waals surface area contributed by atoms with Gasteiger partial charge in [0.15, 0.2) is 0 Å². The SMILES string of the molecule is CCCCCCCC[N+](C)(CCI)CCCCCCCC. The normalized spacial score (nSPS) is 12.0. The summed E-state index contributed by atoms with van der Waals surface area (Å²) in [6.07, 6.45) is 17.2. The highest BCUT2D eigenvalue weighted by Gasteiger charge is 2.19. The van der Waals surface area contributed by atoms with Gasteiger partial charge in [-0.1, -0.05) is 87.8 Å². The lowest BCUT2D eigenvalue weighted by molar-refractivity contribution is -0.907. The Morgan fingerprint density at radius 2 is 0.952 bits per heavy atom. The van der Waals surface area contributed by atoms with Gasteiger partial charge in [-0.25, -0.2) is 0 Å². The summed E-state index contributed by atoms with van der Waals surface area (Å²) >= 11 is 2.56. The summed E-state index contributed by atoms with van der Waals surface area (Å²) < 4.78 is 2.63. The first-order valence-electron chi connectivity index (χ1n) is 9.58. The second-order valence-electron chi connectivity index (χ2n) is 7.01. The van der Waals surface area contributed by atoms with Crippen LogP contribution in [-0.2, 0) is 0 Å². The second kappa shape index (κ2) is 15.6. The highest BCUT2D eigenvalue weighted by Crippen LogP contribution is 2.14. The number of unbranched alkanes of at least 4 members (excludes halogenated alkanes) is 10. The Kier molecular flexibility index (Phi) is 16.1. The molecule has 0 aliphatic heterocycles. The summed E-state index contributed by atoms with van der Waals surface area (Å²) in [4.78, 5) is 0. The van der Waals surface area contributed by atoms with Gasteiger partial charge < -0.3 is 4.48 Å². The fourth-order valence-corrected chi connectivity index (χ4v) is 4.25. The molecule has 0 aromatic heterocycles. The van der Waals surface area contributed by atoms with Crippen molar-refractivity contribution in [3.8, 4) is 0 Å². The molecule has 0 atom stereocenters. The van der Waals surface area contributed by atoms with Gasteiger partial charge in [0.25, 0.3) is 0 Å². The van der Waals surface area contributed by atoms with Gasteiger partial charge >= 0.3 is 0 Å². The van der Waals surface area contributed by atoms with E-state index in [2.05, 4.69) is 43.5 Å². The van der Waals surface area contributed by atoms with Crippen LogP contribution in [0.25, 0.3) is 0 Å². The first-order chi connectivity index (χ1) is 10.2. The average molecular weight is 410 g/mol. The van der Waals surface area contributed by atoms with Crippen molar-refractivity contribution in [1.29, 1.82) is 0 Å². The molecule has 128 valence electrons. The first-order valence-corrected chi connectivity index (χ1v) is 11.1. The van der Waals surface area contributed by atoms with Gasteiger partial charge in [0, 0.05) is 4.43 Å². The zero-order chi connectivity index (χ0) is 15.8. The molecular weight excluding hydrogens is 369 g/mol. The Balaban J connectivity index is 3.73. The number of hydrogen-bond donors (Lipinski definition) is 0. The van der Waals surface area contributed by atoms with E-state index in [-0.39, 0.29) is 0 Å². The average Bonchev–Trinajstić information content (AvgIpc) is 2.47. The lowest BCUT2D eigenvalue weighted by Gasteiger charge is -2.34. The summed E-state index contributed by atoms with van der Waals surface area (Å²) in [7, 11) is 2.50. The van der Waals surface area contributed by atoms with Crippen LogP contribution in [0.4, 0.5) is 0 Å². The molecule has 1 nitrogen and oxygen atoms in total. The number of quaternary nitrogens is 1. The topological polar surface area (TPSA) is 0 Å². The van der Waals surface area contributed by atoms with E-state index < -0.39 is 0 Å². The molecule has 0 bridgehead atoms. The fourth-order valence-electron chi connectivity index (χ4n) is 3.09. The zero-order valence-electron chi connectivity index (χ0n) is 15.1. The molecule has 0 rings (SSSR count). The molecule has 0 amide bonds. The van der Waals surface area contributed by atoms with E-state index in [1.165, 1.54) is 106 Å². The van der Waals surface area contributed by atoms with Crippen LogP contribution in [0.2, 0.25) is 0 Å². The molecule has 0 spiro atoms. The van der Waals surface area contributed by atoms with Crippen LogP contribution in [0, 0.1) is 0 Å². The number of alkyl halides is 1. The molecule has 0 unspecified atom stereocenters. The van der Waals surface area contributed by atoms with Crippen molar-refractivity contribution in [3.05, 3.63) is 0 Å². The van der Waals surface area contributed by atoms with Gasteiger partial charge in [0.05, 0.1) is 26.7 Å². The van der Waals surface area contributed by atoms with E-state index in [9.17, 15) is 0 Å². The number of nitrogens with zero attached hydrogens (tertiary/aromatic N) is 1. The van der Waals surface area contributed by atoms with Crippen LogP contribution in [0.3, 0.4) is 0 Å². The molecule has 0 fully saturated rings. The standard InChI is InChI=1S/C19H41IN/c1-4-6-8-10-12-14-17-21(3,19-16-20)18-15-13-11-9-7-5-2/h4-19H2,1-3H3/q+1. The number of halogens is 1. The van der Waals surface area contributed by atoms with Crippen LogP contribution in [0.15, 0.2) is 0 Å². The molecule has 0 saturated heterocycles. The lowest BCUT2D eigenvalue weighted by atomic mass is 10.1. The van der Waals surface area contributed by atoms with Crippen LogP contribution < -0.4 is 0 Å². The summed E-state index contributed by atoms with van der Waals surface area (Å²) in [5, 5.41) is 0. The van der Waals surface area contributed by atoms with E-state index in [0.29, 0.717) is 0 Å². The van der Waals surface area contributed by atoms with Crippen LogP contribution in [0.1, 0.15) is 90.9 Å². The molecule has 0 aliphatic rings. The Hall–Kier alpha value is 0.690. The molecule has 0 radical (unpaired) electrons. The quantitative estimate of drug-likeness (QED) is 0.117. The lowest BCUT2D eigenvalue weighted by Crippen LogP contribution is -2.46. The minimum absolute atomic E-state index is 1.31. The Morgan fingerprint density at radius 3 is 1.33 bits per heavy atom. The number of rotatable bonds is 16. The summed E-state index contributed by atoms with van der Waals surface area (Å²) in [6, 6.07) is 0. The smallest absolute Gasteiger partial charge is 0.0875 e. The van der Waals surface area contributed by atoms with Gasteiger partial charge in [-0.3, -0.25) is 0 Å². The van der Waals surface area contributed by atoms with E-state index in [1.807, 2.05) is 0 Å². The van der Waals surface area contributed by atoms with Gasteiger partial charge in [-0.2, -0.15) is 0 Å². The van der Waals surface area contributed by atoms with E-state index in [1.54, 1.807) is 0 Å². The predicted octanol–water partition coefficient (Wildman–Crippen LogP) is 6.59. The van der Waals surface area contributed by atoms with Gasteiger partial charge in [-0.15, -0.1) is 0 Å². The Labute approximate surface area is 149 Å². The third-order valence-electron chi connectivity index (χ3n) is 4.73. The molecule has 21 heavy (non-hydrogen) atoms. The van der Waals surface area contributed by atoms with Crippen molar-refractivity contribution in [2.45, 2.75) is 90.9 Å². The third kappa shape index (κ3) is 14.0. The number of hydrogen-bond acceptors (Lipinski definition) is 0. The maximum absolute atomic E-state index is 2.56. The van der Waals surface area contributed by atoms with Crippen LogP contribution in [0.5, 0.6) is 0 Å². The van der Waals surface area contributed by atoms with E-state index in [4.69, 9.17) is 0 Å². The third-order valence-corrected chi connectivity index (χ3v) is 5.21. The van der Waals surface area contributed by atoms with Gasteiger partial charge in [0.2, 0.25) is 0 Å². The maximum atomic E-state index is 2.56. The van der Waals surface area contributed by atoms with Crippen LogP contribution in [-0.4, -0.2) is 35.6 Å². The highest BCUT2D eigenvalue weighted by atomic mass is 127. The molecule has 0 aromatic rings. The zero-order valence-corrected chi connectivity index (χ0v) is 17.3. The minimum Gasteiger partial charge on any atom is -0.325 e. The molecule has 0 saturated carbocycles. The van der Waals surface area contributed by atoms with Gasteiger partial charge in [-0.05, 0) is 25.7 Å². The fraction of sp³-hybridized carbons (Fsp3) is 1.00. The highest BCUT2D eigenvalue weighted by molar-refractivity contribution is 14.1. The minimum atomic E-state index is 1.31. The summed E-state index contributed by atoms with van der Waals surface area (Å²) in [6.45, 7) is 8.78. The predicted molar refractivity (Wildman–Crippen MR) is 106 cm³/mol.